The average Bonchev–Trinajstić information content (AvgIpc) is 3.25. The first-order valence-corrected chi connectivity index (χ1v) is 12.5. The molecule has 1 atom stereocenters. The van der Waals surface area contributed by atoms with Gasteiger partial charge in [0, 0.05) is 36.8 Å². The maximum Gasteiger partial charge on any atom is 0.251 e. The number of nitrogens with one attached hydrogen (secondary N) is 1. The van der Waals surface area contributed by atoms with E-state index < -0.39 is 11.5 Å². The lowest BCUT2D eigenvalue weighted by Gasteiger charge is -2.19. The zero-order valence-electron chi connectivity index (χ0n) is 22.5. The summed E-state index contributed by atoms with van der Waals surface area (Å²) in [6.07, 6.45) is 2.74. The Hall–Kier alpha value is -4.16. The van der Waals surface area contributed by atoms with Gasteiger partial charge in [0.2, 0.25) is 5.91 Å². The summed E-state index contributed by atoms with van der Waals surface area (Å²) in [6.45, 7) is 7.11. The van der Waals surface area contributed by atoms with Gasteiger partial charge < -0.3 is 25.5 Å². The normalized spacial score (nSPS) is 11.8. The Morgan fingerprint density at radius 1 is 1.21 bits per heavy atom. The van der Waals surface area contributed by atoms with Gasteiger partial charge in [-0.3, -0.25) is 9.59 Å². The first-order chi connectivity index (χ1) is 17.9. The van der Waals surface area contributed by atoms with Crippen LogP contribution in [0.5, 0.6) is 5.75 Å². The number of hydrogen-bond acceptors (Lipinski definition) is 6. The number of nitriles is 1. The first-order valence-electron chi connectivity index (χ1n) is 12.5. The zero-order chi connectivity index (χ0) is 28.0. The molecule has 3 aromatic rings. The van der Waals surface area contributed by atoms with Gasteiger partial charge in [0.15, 0.2) is 0 Å². The third-order valence-electron chi connectivity index (χ3n) is 5.95. The highest BCUT2D eigenvalue weighted by atomic mass is 16.5. The van der Waals surface area contributed by atoms with E-state index in [1.807, 2.05) is 51.4 Å². The number of nitrogens with zero attached hydrogens (tertiary/aromatic N) is 3. The summed E-state index contributed by atoms with van der Waals surface area (Å²) in [7, 11) is 1.84. The smallest absolute Gasteiger partial charge is 0.251 e. The summed E-state index contributed by atoms with van der Waals surface area (Å²) in [5.74, 6) is 0.191. The number of benzene rings is 2. The number of primary amides is 1. The van der Waals surface area contributed by atoms with Crippen molar-refractivity contribution in [2.45, 2.75) is 72.1 Å². The van der Waals surface area contributed by atoms with Gasteiger partial charge >= 0.3 is 0 Å². The highest BCUT2D eigenvalue weighted by Crippen LogP contribution is 2.25. The summed E-state index contributed by atoms with van der Waals surface area (Å²) in [6, 6.07) is 14.2. The maximum absolute atomic E-state index is 13.0. The minimum absolute atomic E-state index is 0. The molecule has 0 spiro atoms. The van der Waals surface area contributed by atoms with E-state index in [9.17, 15) is 20.0 Å². The van der Waals surface area contributed by atoms with Crippen molar-refractivity contribution in [3.63, 3.8) is 0 Å². The second-order valence-corrected chi connectivity index (χ2v) is 10.2. The molecule has 2 amide bonds. The predicted molar refractivity (Wildman–Crippen MR) is 151 cm³/mol. The lowest BCUT2D eigenvalue weighted by molar-refractivity contribution is -0.118. The summed E-state index contributed by atoms with van der Waals surface area (Å²) in [5.41, 5.74) is 7.51. The number of nitrogens with two attached hydrogens (primary N) is 1. The molecule has 2 aromatic carbocycles. The van der Waals surface area contributed by atoms with E-state index in [0.717, 1.165) is 16.8 Å². The number of ether oxygens (including phenoxy) is 1. The van der Waals surface area contributed by atoms with E-state index in [0.29, 0.717) is 30.0 Å². The molecule has 0 saturated heterocycles. The van der Waals surface area contributed by atoms with Gasteiger partial charge in [-0.1, -0.05) is 31.7 Å². The van der Waals surface area contributed by atoms with Crippen LogP contribution in [0, 0.1) is 11.3 Å². The minimum Gasteiger partial charge on any atom is -0.490 e. The molecule has 0 radical (unpaired) electrons. The number of imidazole rings is 1. The fourth-order valence-electron chi connectivity index (χ4n) is 4.20. The summed E-state index contributed by atoms with van der Waals surface area (Å²) in [5, 5.41) is 22.8. The van der Waals surface area contributed by atoms with Gasteiger partial charge in [-0.25, -0.2) is 4.98 Å². The molecule has 0 aliphatic rings. The van der Waals surface area contributed by atoms with Crippen molar-refractivity contribution >= 4 is 11.8 Å². The van der Waals surface area contributed by atoms with Crippen molar-refractivity contribution in [1.82, 2.24) is 14.9 Å². The van der Waals surface area contributed by atoms with Crippen LogP contribution in [-0.4, -0.2) is 38.6 Å². The molecule has 208 valence electrons. The van der Waals surface area contributed by atoms with Crippen molar-refractivity contribution < 1.29 is 19.4 Å². The van der Waals surface area contributed by atoms with Crippen molar-refractivity contribution in [1.29, 1.82) is 5.26 Å². The molecule has 0 aliphatic carbocycles. The second-order valence-electron chi connectivity index (χ2n) is 10.2. The molecule has 0 saturated carbocycles. The molecule has 9 nitrogen and oxygen atoms in total. The minimum atomic E-state index is -1.06. The Bertz CT molecular complexity index is 1330. The summed E-state index contributed by atoms with van der Waals surface area (Å²) < 4.78 is 7.44. The Kier molecular flexibility index (Phi) is 10.4. The average molecular weight is 534 g/mol. The van der Waals surface area contributed by atoms with Gasteiger partial charge in [0.25, 0.3) is 5.91 Å². The first kappa shape index (κ1) is 31.1. The zero-order valence-corrected chi connectivity index (χ0v) is 22.5. The van der Waals surface area contributed by atoms with Crippen LogP contribution in [0.15, 0.2) is 48.7 Å². The molecule has 3 rings (SSSR count). The molecule has 39 heavy (non-hydrogen) atoms. The predicted octanol–water partition coefficient (Wildman–Crippen LogP) is 4.22. The van der Waals surface area contributed by atoms with Gasteiger partial charge in [-0.15, -0.1) is 0 Å². The summed E-state index contributed by atoms with van der Waals surface area (Å²) in [4.78, 5) is 29.1. The molecule has 1 aromatic heterocycles. The Balaban J connectivity index is 0.00000533. The quantitative estimate of drug-likeness (QED) is 0.337. The second kappa shape index (κ2) is 13.1. The largest absolute Gasteiger partial charge is 0.490 e. The molecular formula is C30H39N5O4. The fourth-order valence-corrected chi connectivity index (χ4v) is 4.20. The molecular weight excluding hydrogens is 494 g/mol. The maximum atomic E-state index is 13.0. The molecule has 0 fully saturated rings. The van der Waals surface area contributed by atoms with Crippen LogP contribution < -0.4 is 15.8 Å². The number of aromatic nitrogens is 2. The SMILES string of the molecule is C.CC(C)Oc1ccc(C(=O)N[C@H](CCC(N)=O)Cc2ccc(-c3cn(C)c(C(C)(C)O)n3)cc2)cc1C#N. The standard InChI is InChI=1S/C29H35N5O4.CH4/c1-18(2)38-25-12-10-21(15-22(25)16-30)27(36)32-23(11-13-26(31)35)14-19-6-8-20(9-7-19)24-17-34(5)28(33-24)29(3,4)37;/h6-10,12,15,17-18,23,37H,11,13-14H2,1-5H3,(H2,31,35)(H,32,36);1H4/t23-;/m1./s1. The molecule has 1 heterocycles. The van der Waals surface area contributed by atoms with E-state index in [1.54, 1.807) is 30.5 Å². The van der Waals surface area contributed by atoms with Crippen LogP contribution in [0.25, 0.3) is 11.3 Å². The van der Waals surface area contributed by atoms with Crippen LogP contribution >= 0.6 is 0 Å². The molecule has 9 heteroatoms. The number of rotatable bonds is 11. The van der Waals surface area contributed by atoms with Gasteiger partial charge in [0.05, 0.1) is 17.4 Å². The Labute approximate surface area is 230 Å². The highest BCUT2D eigenvalue weighted by molar-refractivity contribution is 5.95. The molecule has 0 aliphatic heterocycles. The number of hydrogen-bond donors (Lipinski definition) is 3. The van der Waals surface area contributed by atoms with Crippen LogP contribution in [0.4, 0.5) is 0 Å². The highest BCUT2D eigenvalue weighted by Gasteiger charge is 2.23. The number of aryl methyl sites for hydroxylation is 1. The topological polar surface area (TPSA) is 143 Å². The Morgan fingerprint density at radius 2 is 1.87 bits per heavy atom. The third-order valence-corrected chi connectivity index (χ3v) is 5.95. The third kappa shape index (κ3) is 8.42. The van der Waals surface area contributed by atoms with E-state index in [2.05, 4.69) is 16.4 Å². The van der Waals surface area contributed by atoms with Crippen LogP contribution in [-0.2, 0) is 23.9 Å². The van der Waals surface area contributed by atoms with Crippen LogP contribution in [0.1, 0.15) is 75.3 Å². The van der Waals surface area contributed by atoms with Crippen LogP contribution in [0.3, 0.4) is 0 Å². The number of aliphatic hydroxyl groups is 1. The van der Waals surface area contributed by atoms with E-state index >= 15 is 0 Å². The monoisotopic (exact) mass is 533 g/mol. The van der Waals surface area contributed by atoms with Crippen molar-refractivity contribution in [2.75, 3.05) is 0 Å². The van der Waals surface area contributed by atoms with Crippen molar-refractivity contribution in [3.8, 4) is 23.1 Å². The van der Waals surface area contributed by atoms with Gasteiger partial charge in [-0.05, 0) is 64.3 Å². The van der Waals surface area contributed by atoms with Gasteiger partial charge in [0.1, 0.15) is 23.2 Å². The lowest BCUT2D eigenvalue weighted by atomic mass is 9.99. The molecule has 4 N–H and O–H groups in total. The van der Waals surface area contributed by atoms with E-state index in [4.69, 9.17) is 10.5 Å². The number of amides is 2. The van der Waals surface area contributed by atoms with Crippen molar-refractivity contribution in [3.05, 3.63) is 71.2 Å². The molecule has 0 bridgehead atoms. The lowest BCUT2D eigenvalue weighted by Crippen LogP contribution is -2.37. The van der Waals surface area contributed by atoms with E-state index in [1.165, 1.54) is 6.07 Å². The Morgan fingerprint density at radius 3 is 2.41 bits per heavy atom. The van der Waals surface area contributed by atoms with E-state index in [-0.39, 0.29) is 37.5 Å². The van der Waals surface area contributed by atoms with Crippen LogP contribution in [0.2, 0.25) is 0 Å². The fraction of sp³-hybridized carbons (Fsp3) is 0.400. The number of carbonyl (C=O) groups excluding carboxylic acids is 2. The summed E-state index contributed by atoms with van der Waals surface area (Å²) >= 11 is 0. The molecule has 0 unspecified atom stereocenters. The number of carbonyl (C=O) groups is 2. The van der Waals surface area contributed by atoms with Gasteiger partial charge in [-0.2, -0.15) is 5.26 Å². The van der Waals surface area contributed by atoms with Crippen molar-refractivity contribution in [2.24, 2.45) is 12.8 Å².